The minimum Gasteiger partial charge on any atom is -0.495 e. The number of benzene rings is 1. The number of carbonyl (C=O) groups excluding carboxylic acids is 1. The third-order valence-corrected chi connectivity index (χ3v) is 3.91. The van der Waals surface area contributed by atoms with Gasteiger partial charge >= 0.3 is 0 Å². The van der Waals surface area contributed by atoms with Crippen molar-refractivity contribution < 1.29 is 17.9 Å². The lowest BCUT2D eigenvalue weighted by molar-refractivity contribution is -0.127. The molecule has 1 aromatic carbocycles. The van der Waals surface area contributed by atoms with E-state index in [0.29, 0.717) is 11.4 Å². The highest BCUT2D eigenvalue weighted by Crippen LogP contribution is 2.30. The van der Waals surface area contributed by atoms with Crippen LogP contribution in [0.5, 0.6) is 5.75 Å². The molecule has 1 amide bonds. The highest BCUT2D eigenvalue weighted by molar-refractivity contribution is 7.92. The zero-order valence-electron chi connectivity index (χ0n) is 12.4. The monoisotopic (exact) mass is 300 g/mol. The second kappa shape index (κ2) is 6.13. The average molecular weight is 300 g/mol. The van der Waals surface area contributed by atoms with Crippen molar-refractivity contribution in [3.8, 4) is 5.75 Å². The number of carbonyl (C=O) groups is 1. The molecule has 7 heteroatoms. The molecule has 0 fully saturated rings. The summed E-state index contributed by atoms with van der Waals surface area (Å²) in [5.41, 5.74) is 1.25. The molecule has 1 rings (SSSR count). The van der Waals surface area contributed by atoms with E-state index in [1.807, 2.05) is 13.0 Å². The Balaban J connectivity index is 3.32. The molecule has 0 saturated carbocycles. The summed E-state index contributed by atoms with van der Waals surface area (Å²) in [7, 11) is 1.03. The van der Waals surface area contributed by atoms with Crippen LogP contribution in [0.1, 0.15) is 5.56 Å². The molecule has 0 aliphatic rings. The number of likely N-dealkylation sites (N-methyl/N-ethyl adjacent to an activating group) is 1. The van der Waals surface area contributed by atoms with E-state index in [1.54, 1.807) is 26.2 Å². The van der Waals surface area contributed by atoms with Crippen molar-refractivity contribution in [1.29, 1.82) is 0 Å². The highest BCUT2D eigenvalue weighted by atomic mass is 32.2. The molecule has 0 heterocycles. The number of ether oxygens (including phenoxy) is 1. The number of anilines is 1. The Morgan fingerprint density at radius 2 is 1.90 bits per heavy atom. The predicted molar refractivity (Wildman–Crippen MR) is 78.6 cm³/mol. The van der Waals surface area contributed by atoms with E-state index >= 15 is 0 Å². The van der Waals surface area contributed by atoms with Gasteiger partial charge in [-0.25, -0.2) is 8.42 Å². The molecule has 20 heavy (non-hydrogen) atoms. The molecule has 0 N–H and O–H groups in total. The standard InChI is InChI=1S/C13H20N2O4S/c1-10-6-7-12(19-4)11(8-10)15(20(5,17)18)9-13(16)14(2)3/h6-8H,9H2,1-5H3. The van der Waals surface area contributed by atoms with E-state index in [1.165, 1.54) is 12.0 Å². The summed E-state index contributed by atoms with van der Waals surface area (Å²) in [4.78, 5) is 13.2. The van der Waals surface area contributed by atoms with Gasteiger partial charge in [0.2, 0.25) is 15.9 Å². The minimum atomic E-state index is -3.59. The summed E-state index contributed by atoms with van der Waals surface area (Å²) >= 11 is 0. The molecule has 0 atom stereocenters. The van der Waals surface area contributed by atoms with Crippen molar-refractivity contribution in [1.82, 2.24) is 4.90 Å². The van der Waals surface area contributed by atoms with Crippen LogP contribution in [0.4, 0.5) is 5.69 Å². The molecule has 0 bridgehead atoms. The lowest BCUT2D eigenvalue weighted by Gasteiger charge is -2.25. The van der Waals surface area contributed by atoms with Crippen LogP contribution >= 0.6 is 0 Å². The number of amides is 1. The average Bonchev–Trinajstić information content (AvgIpc) is 2.33. The number of methoxy groups -OCH3 is 1. The number of nitrogens with zero attached hydrogens (tertiary/aromatic N) is 2. The number of rotatable bonds is 5. The smallest absolute Gasteiger partial charge is 0.242 e. The van der Waals surface area contributed by atoms with Gasteiger partial charge in [0.05, 0.1) is 19.1 Å². The second-order valence-electron chi connectivity index (χ2n) is 4.73. The summed E-state index contributed by atoms with van der Waals surface area (Å²) in [5, 5.41) is 0. The molecular weight excluding hydrogens is 280 g/mol. The second-order valence-corrected chi connectivity index (χ2v) is 6.64. The lowest BCUT2D eigenvalue weighted by atomic mass is 10.2. The van der Waals surface area contributed by atoms with Gasteiger partial charge in [0.15, 0.2) is 0 Å². The van der Waals surface area contributed by atoms with Gasteiger partial charge in [-0.15, -0.1) is 0 Å². The zero-order chi connectivity index (χ0) is 15.5. The van der Waals surface area contributed by atoms with Crippen LogP contribution < -0.4 is 9.04 Å². The first-order valence-electron chi connectivity index (χ1n) is 5.99. The van der Waals surface area contributed by atoms with Crippen molar-refractivity contribution in [3.05, 3.63) is 23.8 Å². The Hall–Kier alpha value is -1.76. The largest absolute Gasteiger partial charge is 0.495 e. The van der Waals surface area contributed by atoms with Crippen molar-refractivity contribution in [3.63, 3.8) is 0 Å². The number of sulfonamides is 1. The maximum absolute atomic E-state index is 12.0. The Morgan fingerprint density at radius 1 is 1.30 bits per heavy atom. The van der Waals surface area contributed by atoms with Crippen molar-refractivity contribution in [2.75, 3.05) is 38.3 Å². The maximum Gasteiger partial charge on any atom is 0.242 e. The van der Waals surface area contributed by atoms with Gasteiger partial charge in [-0.2, -0.15) is 0 Å². The van der Waals surface area contributed by atoms with Crippen LogP contribution in [0.2, 0.25) is 0 Å². The first-order valence-corrected chi connectivity index (χ1v) is 7.84. The third kappa shape index (κ3) is 3.86. The fraction of sp³-hybridized carbons (Fsp3) is 0.462. The molecule has 6 nitrogen and oxygen atoms in total. The van der Waals surface area contributed by atoms with E-state index < -0.39 is 10.0 Å². The molecule has 0 unspecified atom stereocenters. The number of hydrogen-bond donors (Lipinski definition) is 0. The molecule has 0 aliphatic heterocycles. The first kappa shape index (κ1) is 16.3. The minimum absolute atomic E-state index is 0.258. The van der Waals surface area contributed by atoms with Gasteiger partial charge in [-0.05, 0) is 24.6 Å². The Bertz CT molecular complexity index is 596. The van der Waals surface area contributed by atoms with E-state index in [2.05, 4.69) is 0 Å². The topological polar surface area (TPSA) is 66.9 Å². The highest BCUT2D eigenvalue weighted by Gasteiger charge is 2.24. The molecule has 0 radical (unpaired) electrons. The Labute approximate surface area is 120 Å². The van der Waals surface area contributed by atoms with Crippen LogP contribution in [0.15, 0.2) is 18.2 Å². The molecule has 112 valence electrons. The van der Waals surface area contributed by atoms with Crippen molar-refractivity contribution in [2.45, 2.75) is 6.92 Å². The number of aryl methyl sites for hydroxylation is 1. The van der Waals surface area contributed by atoms with Gasteiger partial charge in [-0.1, -0.05) is 6.07 Å². The first-order chi connectivity index (χ1) is 9.16. The summed E-state index contributed by atoms with van der Waals surface area (Å²) in [6, 6.07) is 5.18. The van der Waals surface area contributed by atoms with Crippen LogP contribution in [-0.4, -0.2) is 53.2 Å². The van der Waals surface area contributed by atoms with Crippen LogP contribution in [0.25, 0.3) is 0 Å². The molecular formula is C13H20N2O4S. The Kier molecular flexibility index (Phi) is 4.99. The quantitative estimate of drug-likeness (QED) is 0.809. The van der Waals surface area contributed by atoms with E-state index in [0.717, 1.165) is 16.1 Å². The summed E-state index contributed by atoms with van der Waals surface area (Å²) in [6.07, 6.45) is 1.07. The maximum atomic E-state index is 12.0. The van der Waals surface area contributed by atoms with Gasteiger partial charge < -0.3 is 9.64 Å². The molecule has 0 saturated heterocycles. The lowest BCUT2D eigenvalue weighted by Crippen LogP contribution is -2.40. The van der Waals surface area contributed by atoms with Crippen LogP contribution in [0, 0.1) is 6.92 Å². The summed E-state index contributed by atoms with van der Waals surface area (Å²) in [6.45, 7) is 1.59. The molecule has 0 aromatic heterocycles. The zero-order valence-corrected chi connectivity index (χ0v) is 13.2. The van der Waals surface area contributed by atoms with Crippen molar-refractivity contribution >= 4 is 21.6 Å². The van der Waals surface area contributed by atoms with Crippen molar-refractivity contribution in [2.24, 2.45) is 0 Å². The predicted octanol–water partition coefficient (Wildman–Crippen LogP) is 0.858. The fourth-order valence-electron chi connectivity index (χ4n) is 1.64. The SMILES string of the molecule is COc1ccc(C)cc1N(CC(=O)N(C)C)S(C)(=O)=O. The fourth-order valence-corrected chi connectivity index (χ4v) is 2.49. The van der Waals surface area contributed by atoms with Crippen LogP contribution in [0.3, 0.4) is 0 Å². The molecule has 0 spiro atoms. The number of hydrogen-bond acceptors (Lipinski definition) is 4. The Morgan fingerprint density at radius 3 is 2.35 bits per heavy atom. The van der Waals surface area contributed by atoms with E-state index in [-0.39, 0.29) is 12.5 Å². The van der Waals surface area contributed by atoms with Gasteiger partial charge in [-0.3, -0.25) is 9.10 Å². The summed E-state index contributed by atoms with van der Waals surface area (Å²) < 4.78 is 30.2. The summed E-state index contributed by atoms with van der Waals surface area (Å²) in [5.74, 6) is 0.103. The van der Waals surface area contributed by atoms with Gasteiger partial charge in [0.25, 0.3) is 0 Å². The molecule has 1 aromatic rings. The van der Waals surface area contributed by atoms with Gasteiger partial charge in [0.1, 0.15) is 12.3 Å². The normalized spacial score (nSPS) is 11.1. The van der Waals surface area contributed by atoms with E-state index in [9.17, 15) is 13.2 Å². The third-order valence-electron chi connectivity index (χ3n) is 2.78. The van der Waals surface area contributed by atoms with E-state index in [4.69, 9.17) is 4.74 Å². The molecule has 0 aliphatic carbocycles. The van der Waals surface area contributed by atoms with Crippen LogP contribution in [-0.2, 0) is 14.8 Å². The van der Waals surface area contributed by atoms with Gasteiger partial charge in [0, 0.05) is 14.1 Å².